The summed E-state index contributed by atoms with van der Waals surface area (Å²) in [7, 11) is 0. The van der Waals surface area contributed by atoms with Gasteiger partial charge >= 0.3 is 0 Å². The molecule has 0 aliphatic carbocycles. The number of hydrogen-bond donors (Lipinski definition) is 0. The summed E-state index contributed by atoms with van der Waals surface area (Å²) in [5, 5.41) is 11.3. The first-order chi connectivity index (χ1) is 15.9. The highest BCUT2D eigenvalue weighted by molar-refractivity contribution is 6.36. The molecule has 1 unspecified atom stereocenters. The van der Waals surface area contributed by atoms with Gasteiger partial charge in [-0.05, 0) is 66.6 Å². The SMILES string of the molecule is CC(Oc1nc(-c2ccc(Cl)cc2Cl)c(-c2ccc(Cl)cc2)cc1C#N)c1ccc(F)cc1. The maximum absolute atomic E-state index is 13.3. The van der Waals surface area contributed by atoms with Crippen molar-refractivity contribution >= 4 is 34.8 Å². The molecule has 164 valence electrons. The molecule has 0 aliphatic rings. The molecule has 0 bridgehead atoms. The molecule has 1 atom stereocenters. The molecule has 0 radical (unpaired) electrons. The Bertz CT molecular complexity index is 1350. The fourth-order valence-corrected chi connectivity index (χ4v) is 4.00. The molecule has 0 aliphatic heterocycles. The Morgan fingerprint density at radius 2 is 1.55 bits per heavy atom. The minimum atomic E-state index is -0.472. The molecule has 1 aromatic heterocycles. The van der Waals surface area contributed by atoms with Gasteiger partial charge in [0.25, 0.3) is 0 Å². The van der Waals surface area contributed by atoms with Crippen LogP contribution in [0.4, 0.5) is 4.39 Å². The molecule has 3 aromatic carbocycles. The van der Waals surface area contributed by atoms with Crippen LogP contribution in [0.1, 0.15) is 24.2 Å². The van der Waals surface area contributed by atoms with Gasteiger partial charge in [-0.2, -0.15) is 5.26 Å². The Morgan fingerprint density at radius 3 is 2.18 bits per heavy atom. The van der Waals surface area contributed by atoms with Gasteiger partial charge < -0.3 is 4.74 Å². The lowest BCUT2D eigenvalue weighted by Crippen LogP contribution is -2.07. The molecule has 3 nitrogen and oxygen atoms in total. The summed E-state index contributed by atoms with van der Waals surface area (Å²) in [4.78, 5) is 4.71. The smallest absolute Gasteiger partial charge is 0.232 e. The molecule has 0 fully saturated rings. The highest BCUT2D eigenvalue weighted by atomic mass is 35.5. The van der Waals surface area contributed by atoms with Gasteiger partial charge in [-0.25, -0.2) is 9.37 Å². The van der Waals surface area contributed by atoms with Gasteiger partial charge in [0.05, 0.1) is 10.7 Å². The van der Waals surface area contributed by atoms with E-state index in [-0.39, 0.29) is 17.3 Å². The van der Waals surface area contributed by atoms with Crippen molar-refractivity contribution in [1.82, 2.24) is 4.98 Å². The highest BCUT2D eigenvalue weighted by Gasteiger charge is 2.20. The van der Waals surface area contributed by atoms with Gasteiger partial charge in [0, 0.05) is 21.2 Å². The zero-order valence-electron chi connectivity index (χ0n) is 17.3. The molecular formula is C26H16Cl3FN2O. The standard InChI is InChI=1S/C26H16Cl3FN2O/c1-15(16-4-9-21(30)10-5-16)33-26-18(14-31)12-23(17-2-6-19(27)7-3-17)25(32-26)22-11-8-20(28)13-24(22)29/h2-13,15H,1H3. The highest BCUT2D eigenvalue weighted by Crippen LogP contribution is 2.39. The van der Waals surface area contributed by atoms with E-state index in [1.165, 1.54) is 12.1 Å². The molecule has 7 heteroatoms. The molecular weight excluding hydrogens is 482 g/mol. The lowest BCUT2D eigenvalue weighted by atomic mass is 9.97. The Morgan fingerprint density at radius 1 is 0.879 bits per heavy atom. The predicted molar refractivity (Wildman–Crippen MR) is 130 cm³/mol. The lowest BCUT2D eigenvalue weighted by Gasteiger charge is -2.18. The molecule has 0 amide bonds. The second-order valence-electron chi connectivity index (χ2n) is 7.29. The van der Waals surface area contributed by atoms with Crippen molar-refractivity contribution in [3.8, 4) is 34.3 Å². The molecule has 4 aromatic rings. The third-order valence-electron chi connectivity index (χ3n) is 5.08. The molecule has 33 heavy (non-hydrogen) atoms. The first kappa shape index (κ1) is 23.1. The van der Waals surface area contributed by atoms with E-state index in [4.69, 9.17) is 44.5 Å². The van der Waals surface area contributed by atoms with Crippen molar-refractivity contribution in [1.29, 1.82) is 5.26 Å². The Labute approximate surface area is 205 Å². The number of benzene rings is 3. The van der Waals surface area contributed by atoms with E-state index < -0.39 is 6.10 Å². The largest absolute Gasteiger partial charge is 0.469 e. The van der Waals surface area contributed by atoms with Crippen LogP contribution in [0.2, 0.25) is 15.1 Å². The van der Waals surface area contributed by atoms with Crippen LogP contribution in [0, 0.1) is 17.1 Å². The molecule has 0 saturated carbocycles. The average Bonchev–Trinajstić information content (AvgIpc) is 2.80. The van der Waals surface area contributed by atoms with E-state index in [9.17, 15) is 9.65 Å². The monoisotopic (exact) mass is 496 g/mol. The molecule has 4 rings (SSSR count). The van der Waals surface area contributed by atoms with Crippen LogP contribution in [-0.4, -0.2) is 4.98 Å². The molecule has 1 heterocycles. The summed E-state index contributed by atoms with van der Waals surface area (Å²) in [5.41, 5.74) is 3.66. The quantitative estimate of drug-likeness (QED) is 0.277. The fraction of sp³-hybridized carbons (Fsp3) is 0.0769. The van der Waals surface area contributed by atoms with E-state index in [2.05, 4.69) is 6.07 Å². The van der Waals surface area contributed by atoms with Crippen molar-refractivity contribution in [2.24, 2.45) is 0 Å². The van der Waals surface area contributed by atoms with Crippen LogP contribution in [0.25, 0.3) is 22.4 Å². The van der Waals surface area contributed by atoms with Crippen molar-refractivity contribution in [3.05, 3.63) is 105 Å². The average molecular weight is 498 g/mol. The molecule has 0 saturated heterocycles. The normalized spacial score (nSPS) is 11.6. The summed E-state index contributed by atoms with van der Waals surface area (Å²) in [6.07, 6.45) is -0.472. The Kier molecular flexibility index (Phi) is 6.85. The number of rotatable bonds is 5. The minimum absolute atomic E-state index is 0.146. The van der Waals surface area contributed by atoms with Crippen molar-refractivity contribution in [2.75, 3.05) is 0 Å². The Balaban J connectivity index is 1.87. The summed E-state index contributed by atoms with van der Waals surface area (Å²) in [6.45, 7) is 1.80. The number of hydrogen-bond acceptors (Lipinski definition) is 3. The first-order valence-electron chi connectivity index (χ1n) is 9.94. The summed E-state index contributed by atoms with van der Waals surface area (Å²) >= 11 is 18.7. The van der Waals surface area contributed by atoms with Gasteiger partial charge in [-0.1, -0.05) is 59.1 Å². The second-order valence-corrected chi connectivity index (χ2v) is 8.57. The van der Waals surface area contributed by atoms with Crippen LogP contribution in [0.15, 0.2) is 72.8 Å². The van der Waals surface area contributed by atoms with Crippen LogP contribution >= 0.6 is 34.8 Å². The van der Waals surface area contributed by atoms with E-state index in [0.717, 1.165) is 11.1 Å². The maximum Gasteiger partial charge on any atom is 0.232 e. The first-order valence-corrected chi connectivity index (χ1v) is 11.1. The van der Waals surface area contributed by atoms with E-state index in [0.29, 0.717) is 31.9 Å². The van der Waals surface area contributed by atoms with Gasteiger partial charge in [-0.15, -0.1) is 0 Å². The zero-order chi connectivity index (χ0) is 23.5. The predicted octanol–water partition coefficient (Wildman–Crippen LogP) is 8.53. The van der Waals surface area contributed by atoms with Gasteiger partial charge in [0.2, 0.25) is 5.88 Å². The van der Waals surface area contributed by atoms with Crippen LogP contribution < -0.4 is 4.74 Å². The van der Waals surface area contributed by atoms with Crippen LogP contribution in [0.3, 0.4) is 0 Å². The zero-order valence-corrected chi connectivity index (χ0v) is 19.6. The number of nitriles is 1. The second kappa shape index (κ2) is 9.80. The van der Waals surface area contributed by atoms with Crippen LogP contribution in [0.5, 0.6) is 5.88 Å². The maximum atomic E-state index is 13.3. The van der Waals surface area contributed by atoms with Crippen molar-refractivity contribution < 1.29 is 9.13 Å². The summed E-state index contributed by atoms with van der Waals surface area (Å²) in [6, 6.07) is 22.2. The number of pyridine rings is 1. The summed E-state index contributed by atoms with van der Waals surface area (Å²) in [5.74, 6) is -0.193. The molecule has 0 spiro atoms. The number of halogens is 4. The van der Waals surface area contributed by atoms with Gasteiger partial charge in [0.15, 0.2) is 0 Å². The van der Waals surface area contributed by atoms with Gasteiger partial charge in [-0.3, -0.25) is 0 Å². The van der Waals surface area contributed by atoms with E-state index >= 15 is 0 Å². The third kappa shape index (κ3) is 5.12. The van der Waals surface area contributed by atoms with Crippen molar-refractivity contribution in [3.63, 3.8) is 0 Å². The van der Waals surface area contributed by atoms with Crippen LogP contribution in [-0.2, 0) is 0 Å². The van der Waals surface area contributed by atoms with E-state index in [1.54, 1.807) is 55.5 Å². The number of aromatic nitrogens is 1. The third-order valence-corrected chi connectivity index (χ3v) is 5.88. The lowest BCUT2D eigenvalue weighted by molar-refractivity contribution is 0.217. The van der Waals surface area contributed by atoms with E-state index in [1.807, 2.05) is 12.1 Å². The molecule has 0 N–H and O–H groups in total. The minimum Gasteiger partial charge on any atom is -0.469 e. The van der Waals surface area contributed by atoms with Crippen molar-refractivity contribution in [2.45, 2.75) is 13.0 Å². The Hall–Kier alpha value is -3.10. The van der Waals surface area contributed by atoms with Gasteiger partial charge in [0.1, 0.15) is 23.6 Å². The summed E-state index contributed by atoms with van der Waals surface area (Å²) < 4.78 is 19.4. The topological polar surface area (TPSA) is 45.9 Å². The fourth-order valence-electron chi connectivity index (χ4n) is 3.37. The number of ether oxygens (including phenoxy) is 1. The number of nitrogens with zero attached hydrogens (tertiary/aromatic N) is 2.